The maximum absolute atomic E-state index is 11.9. The molecule has 24 heavy (non-hydrogen) atoms. The normalized spacial score (nSPS) is 18.0. The van der Waals surface area contributed by atoms with Crippen molar-refractivity contribution in [2.24, 2.45) is 16.4 Å². The average molecular weight is 332 g/mol. The molecule has 0 aromatic heterocycles. The molecule has 1 amide bonds. The highest BCUT2D eigenvalue weighted by Gasteiger charge is 2.28. The average Bonchev–Trinajstić information content (AvgIpc) is 2.58. The van der Waals surface area contributed by atoms with Crippen molar-refractivity contribution in [2.45, 2.75) is 46.5 Å². The zero-order chi connectivity index (χ0) is 17.6. The lowest BCUT2D eigenvalue weighted by atomic mass is 9.72. The van der Waals surface area contributed by atoms with Gasteiger partial charge in [0, 0.05) is 5.71 Å². The first kappa shape index (κ1) is 18.3. The summed E-state index contributed by atoms with van der Waals surface area (Å²) in [6.45, 7) is 6.78. The molecule has 5 heteroatoms. The molecule has 1 aliphatic carbocycles. The lowest BCUT2D eigenvalue weighted by molar-refractivity contribution is -0.123. The number of hydrogen-bond donors (Lipinski definition) is 1. The lowest BCUT2D eigenvalue weighted by Crippen LogP contribution is -2.29. The highest BCUT2D eigenvalue weighted by molar-refractivity contribution is 5.87. The summed E-state index contributed by atoms with van der Waals surface area (Å²) in [7, 11) is 1.57. The van der Waals surface area contributed by atoms with Gasteiger partial charge in [0.15, 0.2) is 18.1 Å². The number of nitrogens with zero attached hydrogens (tertiary/aromatic N) is 1. The number of benzene rings is 1. The second-order valence-electron chi connectivity index (χ2n) is 7.29. The molecule has 0 spiro atoms. The van der Waals surface area contributed by atoms with E-state index in [1.54, 1.807) is 19.2 Å². The first-order valence-corrected chi connectivity index (χ1v) is 8.50. The third-order valence-corrected chi connectivity index (χ3v) is 4.55. The molecule has 0 saturated heterocycles. The Morgan fingerprint density at radius 2 is 1.83 bits per heavy atom. The molecule has 1 aromatic rings. The summed E-state index contributed by atoms with van der Waals surface area (Å²) >= 11 is 0. The fourth-order valence-electron chi connectivity index (χ4n) is 2.98. The minimum atomic E-state index is -0.258. The fraction of sp³-hybridized carbons (Fsp3) is 0.579. The minimum absolute atomic E-state index is 0.0816. The molecule has 0 aliphatic heterocycles. The van der Waals surface area contributed by atoms with Gasteiger partial charge in [-0.25, -0.2) is 5.43 Å². The molecule has 5 nitrogen and oxygen atoms in total. The number of methoxy groups -OCH3 is 1. The molecule has 1 N–H and O–H groups in total. The molecule has 0 radical (unpaired) electrons. The van der Waals surface area contributed by atoms with Crippen molar-refractivity contribution in [1.82, 2.24) is 5.43 Å². The molecule has 1 fully saturated rings. The summed E-state index contributed by atoms with van der Waals surface area (Å²) in [5.74, 6) is 1.62. The van der Waals surface area contributed by atoms with Crippen molar-refractivity contribution in [3.63, 3.8) is 0 Å². The Bertz CT molecular complexity index is 581. The standard InChI is InChI=1S/C19H28N2O3/c1-19(2,3)14-9-11-15(12-10-14)20-21-18(22)13-24-17-8-6-5-7-16(17)23-4/h5-8,14H,9-13H2,1-4H3,(H,21,22). The van der Waals surface area contributed by atoms with E-state index < -0.39 is 0 Å². The van der Waals surface area contributed by atoms with E-state index in [0.29, 0.717) is 16.9 Å². The molecule has 0 unspecified atom stereocenters. The van der Waals surface area contributed by atoms with Crippen LogP contribution >= 0.6 is 0 Å². The van der Waals surface area contributed by atoms with Crippen LogP contribution in [0.25, 0.3) is 0 Å². The summed E-state index contributed by atoms with van der Waals surface area (Å²) in [5, 5.41) is 4.26. The van der Waals surface area contributed by atoms with Gasteiger partial charge in [-0.15, -0.1) is 0 Å². The van der Waals surface area contributed by atoms with Gasteiger partial charge in [-0.2, -0.15) is 5.10 Å². The molecule has 1 aromatic carbocycles. The van der Waals surface area contributed by atoms with Gasteiger partial charge in [-0.05, 0) is 49.1 Å². The molecule has 1 saturated carbocycles. The van der Waals surface area contributed by atoms with Crippen molar-refractivity contribution < 1.29 is 14.3 Å². The van der Waals surface area contributed by atoms with Gasteiger partial charge >= 0.3 is 0 Å². The molecular weight excluding hydrogens is 304 g/mol. The van der Waals surface area contributed by atoms with Crippen LogP contribution in [0.4, 0.5) is 0 Å². The minimum Gasteiger partial charge on any atom is -0.493 e. The Kier molecular flexibility index (Phi) is 6.23. The van der Waals surface area contributed by atoms with E-state index >= 15 is 0 Å². The topological polar surface area (TPSA) is 59.9 Å². The largest absolute Gasteiger partial charge is 0.493 e. The van der Waals surface area contributed by atoms with Crippen LogP contribution in [0.5, 0.6) is 11.5 Å². The summed E-state index contributed by atoms with van der Waals surface area (Å²) < 4.78 is 10.7. The van der Waals surface area contributed by atoms with Crippen LogP contribution in [0.15, 0.2) is 29.4 Å². The van der Waals surface area contributed by atoms with Gasteiger partial charge in [0.1, 0.15) is 0 Å². The molecule has 0 bridgehead atoms. The highest BCUT2D eigenvalue weighted by Crippen LogP contribution is 2.36. The number of hydrazone groups is 1. The quantitative estimate of drug-likeness (QED) is 0.835. The molecular formula is C19H28N2O3. The Balaban J connectivity index is 1.77. The van der Waals surface area contributed by atoms with Gasteiger partial charge in [0.05, 0.1) is 7.11 Å². The van der Waals surface area contributed by atoms with Crippen LogP contribution in [-0.2, 0) is 4.79 Å². The Morgan fingerprint density at radius 3 is 2.42 bits per heavy atom. The van der Waals surface area contributed by atoms with Crippen molar-refractivity contribution >= 4 is 11.6 Å². The number of ether oxygens (including phenoxy) is 2. The Morgan fingerprint density at radius 1 is 1.21 bits per heavy atom. The number of hydrogen-bond acceptors (Lipinski definition) is 4. The second-order valence-corrected chi connectivity index (χ2v) is 7.29. The number of nitrogens with one attached hydrogen (secondary N) is 1. The predicted molar refractivity (Wildman–Crippen MR) is 95.5 cm³/mol. The number of rotatable bonds is 5. The number of amides is 1. The van der Waals surface area contributed by atoms with Gasteiger partial charge in [-0.3, -0.25) is 4.79 Å². The van der Waals surface area contributed by atoms with Crippen LogP contribution in [0.1, 0.15) is 46.5 Å². The van der Waals surface area contributed by atoms with E-state index in [1.165, 1.54) is 0 Å². The van der Waals surface area contributed by atoms with Crippen molar-refractivity contribution in [2.75, 3.05) is 13.7 Å². The van der Waals surface area contributed by atoms with Crippen LogP contribution in [0, 0.1) is 11.3 Å². The first-order chi connectivity index (χ1) is 11.4. The highest BCUT2D eigenvalue weighted by atomic mass is 16.5. The second kappa shape index (κ2) is 8.18. The fourth-order valence-corrected chi connectivity index (χ4v) is 2.98. The van der Waals surface area contributed by atoms with Crippen molar-refractivity contribution in [3.8, 4) is 11.5 Å². The van der Waals surface area contributed by atoms with E-state index in [0.717, 1.165) is 37.3 Å². The first-order valence-electron chi connectivity index (χ1n) is 8.50. The SMILES string of the molecule is COc1ccccc1OCC(=O)NN=C1CCC(C(C)(C)C)CC1. The van der Waals surface area contributed by atoms with E-state index in [2.05, 4.69) is 31.3 Å². The number of para-hydroxylation sites is 2. The molecule has 2 rings (SSSR count). The number of carbonyl (C=O) groups excluding carboxylic acids is 1. The molecule has 0 atom stereocenters. The molecule has 1 aliphatic rings. The summed E-state index contributed by atoms with van der Waals surface area (Å²) in [6, 6.07) is 7.25. The maximum atomic E-state index is 11.9. The van der Waals surface area contributed by atoms with Crippen LogP contribution in [0.2, 0.25) is 0 Å². The third kappa shape index (κ3) is 5.25. The van der Waals surface area contributed by atoms with Gasteiger partial charge in [-0.1, -0.05) is 32.9 Å². The zero-order valence-corrected chi connectivity index (χ0v) is 15.1. The van der Waals surface area contributed by atoms with E-state index in [4.69, 9.17) is 9.47 Å². The predicted octanol–water partition coefficient (Wildman–Crippen LogP) is 3.78. The van der Waals surface area contributed by atoms with E-state index in [9.17, 15) is 4.79 Å². The van der Waals surface area contributed by atoms with Gasteiger partial charge in [0.2, 0.25) is 0 Å². The van der Waals surface area contributed by atoms with E-state index in [1.807, 2.05) is 12.1 Å². The molecule has 132 valence electrons. The van der Waals surface area contributed by atoms with Gasteiger partial charge in [0.25, 0.3) is 5.91 Å². The zero-order valence-electron chi connectivity index (χ0n) is 15.1. The van der Waals surface area contributed by atoms with Crippen molar-refractivity contribution in [1.29, 1.82) is 0 Å². The Labute approximate surface area is 144 Å². The van der Waals surface area contributed by atoms with Crippen molar-refractivity contribution in [3.05, 3.63) is 24.3 Å². The summed E-state index contributed by atoms with van der Waals surface area (Å²) in [4.78, 5) is 11.9. The van der Waals surface area contributed by atoms with Crippen LogP contribution in [-0.4, -0.2) is 25.3 Å². The van der Waals surface area contributed by atoms with Gasteiger partial charge < -0.3 is 9.47 Å². The number of carbonyl (C=O) groups is 1. The maximum Gasteiger partial charge on any atom is 0.277 e. The van der Waals surface area contributed by atoms with E-state index in [-0.39, 0.29) is 12.5 Å². The smallest absolute Gasteiger partial charge is 0.277 e. The molecule has 0 heterocycles. The van der Waals surface area contributed by atoms with Crippen LogP contribution < -0.4 is 14.9 Å². The Hall–Kier alpha value is -2.04. The summed E-state index contributed by atoms with van der Waals surface area (Å²) in [6.07, 6.45) is 4.18. The monoisotopic (exact) mass is 332 g/mol. The third-order valence-electron chi connectivity index (χ3n) is 4.55. The summed E-state index contributed by atoms with van der Waals surface area (Å²) in [5.41, 5.74) is 4.01. The van der Waals surface area contributed by atoms with Crippen LogP contribution in [0.3, 0.4) is 0 Å². The lowest BCUT2D eigenvalue weighted by Gasteiger charge is -2.34.